The molecule has 0 aromatic heterocycles. The van der Waals surface area contributed by atoms with Gasteiger partial charge in [0.15, 0.2) is 6.61 Å². The van der Waals surface area contributed by atoms with Crippen molar-refractivity contribution in [1.82, 2.24) is 4.90 Å². The van der Waals surface area contributed by atoms with E-state index < -0.39 is 12.0 Å². The fourth-order valence-corrected chi connectivity index (χ4v) is 3.86. The Morgan fingerprint density at radius 2 is 1.60 bits per heavy atom. The van der Waals surface area contributed by atoms with E-state index in [9.17, 15) is 15.0 Å². The second kappa shape index (κ2) is 13.4. The Labute approximate surface area is 206 Å². The van der Waals surface area contributed by atoms with Gasteiger partial charge in [0, 0.05) is 19.1 Å². The first-order chi connectivity index (χ1) is 16.9. The number of amides is 1. The minimum Gasteiger partial charge on any atom is -0.508 e. The summed E-state index contributed by atoms with van der Waals surface area (Å²) in [7, 11) is 0. The first-order valence-electron chi connectivity index (χ1n) is 11.8. The van der Waals surface area contributed by atoms with Gasteiger partial charge in [0.1, 0.15) is 30.0 Å². The zero-order chi connectivity index (χ0) is 25.0. The van der Waals surface area contributed by atoms with Crippen LogP contribution in [-0.2, 0) is 17.6 Å². The fourth-order valence-electron chi connectivity index (χ4n) is 3.86. The van der Waals surface area contributed by atoms with Gasteiger partial charge in [-0.2, -0.15) is 0 Å². The highest BCUT2D eigenvalue weighted by atomic mass is 16.5. The first kappa shape index (κ1) is 26.1. The molecule has 3 aromatic rings. The summed E-state index contributed by atoms with van der Waals surface area (Å²) in [6.07, 6.45) is 0.735. The highest BCUT2D eigenvalue weighted by Gasteiger charge is 2.19. The first-order valence-corrected chi connectivity index (χ1v) is 11.8. The Hall–Kier alpha value is -3.55. The Balaban J connectivity index is 1.62. The number of nitrogens with zero attached hydrogens (tertiary/aromatic N) is 1. The predicted molar refractivity (Wildman–Crippen MR) is 136 cm³/mol. The van der Waals surface area contributed by atoms with Gasteiger partial charge in [-0.05, 0) is 61.2 Å². The third-order valence-electron chi connectivity index (χ3n) is 5.75. The van der Waals surface area contributed by atoms with Gasteiger partial charge < -0.3 is 25.4 Å². The van der Waals surface area contributed by atoms with Crippen molar-refractivity contribution in [3.05, 3.63) is 90.0 Å². The van der Waals surface area contributed by atoms with Crippen molar-refractivity contribution in [2.24, 2.45) is 5.73 Å². The molecule has 0 aliphatic heterocycles. The lowest BCUT2D eigenvalue weighted by Gasteiger charge is -2.31. The van der Waals surface area contributed by atoms with Crippen molar-refractivity contribution in [2.75, 3.05) is 26.3 Å². The number of nitrogens with two attached hydrogens (primary N) is 1. The standard InChI is InChI=1S/C28H34N2O5/c1-21(17-22-11-13-26(14-12-22)35-20-28(29)33)30(16-15-23-7-5-6-10-27(23)32)18-24(31)19-34-25-8-3-2-4-9-25/h2-14,21,24,31-32H,15-20H2,1H3,(H2,29,33). The number of aliphatic hydroxyl groups excluding tert-OH is 1. The highest BCUT2D eigenvalue weighted by molar-refractivity contribution is 5.75. The monoisotopic (exact) mass is 478 g/mol. The van der Waals surface area contributed by atoms with Gasteiger partial charge in [0.2, 0.25) is 0 Å². The second-order valence-corrected chi connectivity index (χ2v) is 8.60. The SMILES string of the molecule is CC(Cc1ccc(OCC(N)=O)cc1)N(CCc1ccccc1O)CC(O)COc1ccccc1. The number of benzene rings is 3. The van der Waals surface area contributed by atoms with Gasteiger partial charge in [-0.15, -0.1) is 0 Å². The summed E-state index contributed by atoms with van der Waals surface area (Å²) in [4.78, 5) is 13.1. The topological polar surface area (TPSA) is 105 Å². The van der Waals surface area contributed by atoms with E-state index in [2.05, 4.69) is 11.8 Å². The van der Waals surface area contributed by atoms with Crippen LogP contribution in [0.2, 0.25) is 0 Å². The lowest BCUT2D eigenvalue weighted by molar-refractivity contribution is -0.119. The molecule has 7 nitrogen and oxygen atoms in total. The Kier molecular flexibility index (Phi) is 9.95. The molecule has 0 aliphatic carbocycles. The van der Waals surface area contributed by atoms with Crippen molar-refractivity contribution in [2.45, 2.75) is 31.9 Å². The molecule has 0 heterocycles. The van der Waals surface area contributed by atoms with E-state index in [4.69, 9.17) is 15.2 Å². The maximum absolute atomic E-state index is 10.9. The van der Waals surface area contributed by atoms with Crippen LogP contribution in [0.15, 0.2) is 78.9 Å². The van der Waals surface area contributed by atoms with Crippen molar-refractivity contribution in [3.8, 4) is 17.2 Å². The van der Waals surface area contributed by atoms with E-state index in [0.717, 1.165) is 23.3 Å². The Morgan fingerprint density at radius 1 is 0.943 bits per heavy atom. The second-order valence-electron chi connectivity index (χ2n) is 8.60. The molecule has 0 saturated carbocycles. The smallest absolute Gasteiger partial charge is 0.255 e. The Morgan fingerprint density at radius 3 is 2.29 bits per heavy atom. The number of phenols is 1. The molecule has 2 unspecified atom stereocenters. The number of phenolic OH excluding ortho intramolecular Hbond substituents is 1. The minimum atomic E-state index is -0.674. The molecule has 4 N–H and O–H groups in total. The lowest BCUT2D eigenvalue weighted by Crippen LogP contribution is -2.43. The lowest BCUT2D eigenvalue weighted by atomic mass is 10.0. The summed E-state index contributed by atoms with van der Waals surface area (Å²) in [6, 6.07) is 24.4. The van der Waals surface area contributed by atoms with Gasteiger partial charge in [-0.3, -0.25) is 9.69 Å². The number of ether oxygens (including phenoxy) is 2. The maximum atomic E-state index is 10.9. The van der Waals surface area contributed by atoms with Crippen LogP contribution in [0.1, 0.15) is 18.1 Å². The molecule has 35 heavy (non-hydrogen) atoms. The van der Waals surface area contributed by atoms with Crippen molar-refractivity contribution >= 4 is 5.91 Å². The highest BCUT2D eigenvalue weighted by Crippen LogP contribution is 2.19. The molecule has 186 valence electrons. The van der Waals surface area contributed by atoms with E-state index in [1.54, 1.807) is 12.1 Å². The van der Waals surface area contributed by atoms with Crippen molar-refractivity contribution < 1.29 is 24.5 Å². The molecule has 0 spiro atoms. The fraction of sp³-hybridized carbons (Fsp3) is 0.321. The van der Waals surface area contributed by atoms with Crippen LogP contribution in [-0.4, -0.2) is 59.5 Å². The van der Waals surface area contributed by atoms with Crippen LogP contribution < -0.4 is 15.2 Å². The molecule has 3 aromatic carbocycles. The molecule has 2 atom stereocenters. The molecule has 0 aliphatic rings. The number of aliphatic hydroxyl groups is 1. The van der Waals surface area contributed by atoms with E-state index in [-0.39, 0.29) is 25.0 Å². The average molecular weight is 479 g/mol. The number of para-hydroxylation sites is 2. The molecule has 0 bridgehead atoms. The molecule has 0 saturated heterocycles. The van der Waals surface area contributed by atoms with Crippen LogP contribution in [0.25, 0.3) is 0 Å². The zero-order valence-electron chi connectivity index (χ0n) is 20.0. The summed E-state index contributed by atoms with van der Waals surface area (Å²) in [5.41, 5.74) is 7.10. The predicted octanol–water partition coefficient (Wildman–Crippen LogP) is 3.17. The Bertz CT molecular complexity index is 1040. The number of carbonyl (C=O) groups excluding carboxylic acids is 1. The third kappa shape index (κ3) is 8.96. The van der Waals surface area contributed by atoms with Crippen molar-refractivity contribution in [3.63, 3.8) is 0 Å². The summed E-state index contributed by atoms with van der Waals surface area (Å²) in [5.74, 6) is 1.07. The molecule has 7 heteroatoms. The van der Waals surface area contributed by atoms with E-state index in [1.165, 1.54) is 0 Å². The molecule has 3 rings (SSSR count). The molecule has 0 radical (unpaired) electrons. The van der Waals surface area contributed by atoms with Crippen LogP contribution in [0, 0.1) is 0 Å². The van der Waals surface area contributed by atoms with E-state index >= 15 is 0 Å². The molecular formula is C28H34N2O5. The van der Waals surface area contributed by atoms with Gasteiger partial charge in [0.05, 0.1) is 0 Å². The molecule has 1 amide bonds. The van der Waals surface area contributed by atoms with Crippen LogP contribution in [0.3, 0.4) is 0 Å². The number of carbonyl (C=O) groups is 1. The summed E-state index contributed by atoms with van der Waals surface area (Å²) in [5, 5.41) is 20.9. The number of hydrogen-bond donors (Lipinski definition) is 3. The number of primary amides is 1. The maximum Gasteiger partial charge on any atom is 0.255 e. The van der Waals surface area contributed by atoms with E-state index in [1.807, 2.05) is 66.7 Å². The normalized spacial score (nSPS) is 12.8. The quantitative estimate of drug-likeness (QED) is 0.329. The summed E-state index contributed by atoms with van der Waals surface area (Å²) < 4.78 is 11.1. The van der Waals surface area contributed by atoms with Crippen LogP contribution >= 0.6 is 0 Å². The van der Waals surface area contributed by atoms with Gasteiger partial charge in [-0.1, -0.05) is 48.5 Å². The van der Waals surface area contributed by atoms with Crippen LogP contribution in [0.5, 0.6) is 17.2 Å². The number of aromatic hydroxyl groups is 1. The minimum absolute atomic E-state index is 0.115. The van der Waals surface area contributed by atoms with Gasteiger partial charge >= 0.3 is 0 Å². The molecular weight excluding hydrogens is 444 g/mol. The average Bonchev–Trinajstić information content (AvgIpc) is 2.86. The van der Waals surface area contributed by atoms with E-state index in [0.29, 0.717) is 25.3 Å². The van der Waals surface area contributed by atoms with Crippen molar-refractivity contribution in [1.29, 1.82) is 0 Å². The summed E-state index contributed by atoms with van der Waals surface area (Å²) in [6.45, 7) is 3.25. The van der Waals surface area contributed by atoms with Crippen LogP contribution in [0.4, 0.5) is 0 Å². The number of rotatable bonds is 14. The largest absolute Gasteiger partial charge is 0.508 e. The van der Waals surface area contributed by atoms with Gasteiger partial charge in [-0.25, -0.2) is 0 Å². The zero-order valence-corrected chi connectivity index (χ0v) is 20.0. The van der Waals surface area contributed by atoms with Gasteiger partial charge in [0.25, 0.3) is 5.91 Å². The number of hydrogen-bond acceptors (Lipinski definition) is 6. The summed E-state index contributed by atoms with van der Waals surface area (Å²) >= 11 is 0. The molecule has 0 fully saturated rings. The third-order valence-corrected chi connectivity index (χ3v) is 5.75.